The van der Waals surface area contributed by atoms with Crippen LogP contribution in [0.15, 0.2) is 28.7 Å². The predicted octanol–water partition coefficient (Wildman–Crippen LogP) is 4.65. The van der Waals surface area contributed by atoms with Gasteiger partial charge in [0, 0.05) is 12.6 Å². The average molecular weight is 329 g/mol. The van der Waals surface area contributed by atoms with Crippen molar-refractivity contribution in [1.29, 1.82) is 0 Å². The Hall–Kier alpha value is -1.88. The Morgan fingerprint density at radius 2 is 2.21 bits per heavy atom. The van der Waals surface area contributed by atoms with Crippen LogP contribution < -0.4 is 5.32 Å². The molecule has 2 aromatic rings. The zero-order valence-corrected chi connectivity index (χ0v) is 14.8. The number of rotatable bonds is 6. The monoisotopic (exact) mass is 329 g/mol. The number of ether oxygens (including phenoxy) is 1. The van der Waals surface area contributed by atoms with E-state index in [0.29, 0.717) is 24.5 Å². The van der Waals surface area contributed by atoms with E-state index in [1.54, 1.807) is 6.92 Å². The van der Waals surface area contributed by atoms with Crippen LogP contribution in [0.1, 0.15) is 62.9 Å². The Bertz CT molecular complexity index is 656. The van der Waals surface area contributed by atoms with E-state index in [1.807, 2.05) is 13.0 Å². The van der Waals surface area contributed by atoms with Crippen molar-refractivity contribution in [2.24, 2.45) is 5.92 Å². The van der Waals surface area contributed by atoms with Gasteiger partial charge in [0.05, 0.1) is 12.7 Å². The first kappa shape index (κ1) is 17.0. The Labute approximate surface area is 143 Å². The van der Waals surface area contributed by atoms with Crippen molar-refractivity contribution in [3.8, 4) is 0 Å². The number of benzene rings is 1. The van der Waals surface area contributed by atoms with E-state index in [1.165, 1.54) is 31.2 Å². The van der Waals surface area contributed by atoms with Crippen molar-refractivity contribution in [2.75, 3.05) is 5.32 Å². The van der Waals surface area contributed by atoms with Gasteiger partial charge >= 0.3 is 0 Å². The zero-order valence-electron chi connectivity index (χ0n) is 14.8. The standard InChI is InChI=1S/C19H27N3O2/c1-13-6-4-9-18(10-13)23-12-16-7-5-8-17(11-16)20-14(2)19-22-21-15(3)24-19/h5,7-8,11,13-14,18,20H,4,6,9-10,12H2,1-3H3/t13-,14-,18+/m0/s1. The number of hydrogen-bond donors (Lipinski definition) is 1. The average Bonchev–Trinajstić information content (AvgIpc) is 3.00. The summed E-state index contributed by atoms with van der Waals surface area (Å²) < 4.78 is 11.6. The van der Waals surface area contributed by atoms with Crippen LogP contribution in [-0.4, -0.2) is 16.3 Å². The summed E-state index contributed by atoms with van der Waals surface area (Å²) >= 11 is 0. The molecule has 0 bridgehead atoms. The third-order valence-corrected chi connectivity index (χ3v) is 4.60. The van der Waals surface area contributed by atoms with E-state index < -0.39 is 0 Å². The fraction of sp³-hybridized carbons (Fsp3) is 0.579. The number of aryl methyl sites for hydroxylation is 1. The summed E-state index contributed by atoms with van der Waals surface area (Å²) in [5.74, 6) is 1.98. The number of nitrogens with zero attached hydrogens (tertiary/aromatic N) is 2. The molecule has 3 atom stereocenters. The third-order valence-electron chi connectivity index (χ3n) is 4.60. The maximum atomic E-state index is 6.12. The molecule has 1 heterocycles. The lowest BCUT2D eigenvalue weighted by molar-refractivity contribution is 0.00468. The minimum absolute atomic E-state index is 0.0263. The van der Waals surface area contributed by atoms with Crippen LogP contribution in [-0.2, 0) is 11.3 Å². The van der Waals surface area contributed by atoms with Gasteiger partial charge in [-0.2, -0.15) is 0 Å². The van der Waals surface area contributed by atoms with Crippen molar-refractivity contribution in [3.05, 3.63) is 41.6 Å². The van der Waals surface area contributed by atoms with Gasteiger partial charge in [0.15, 0.2) is 0 Å². The van der Waals surface area contributed by atoms with Gasteiger partial charge in [-0.3, -0.25) is 0 Å². The molecule has 0 amide bonds. The molecule has 3 rings (SSSR count). The number of nitrogens with one attached hydrogen (secondary N) is 1. The van der Waals surface area contributed by atoms with E-state index >= 15 is 0 Å². The maximum Gasteiger partial charge on any atom is 0.238 e. The van der Waals surface area contributed by atoms with Crippen molar-refractivity contribution < 1.29 is 9.15 Å². The van der Waals surface area contributed by atoms with Crippen LogP contribution in [0, 0.1) is 12.8 Å². The topological polar surface area (TPSA) is 60.2 Å². The Kier molecular flexibility index (Phi) is 5.51. The highest BCUT2D eigenvalue weighted by Crippen LogP contribution is 2.27. The fourth-order valence-corrected chi connectivity index (χ4v) is 3.29. The highest BCUT2D eigenvalue weighted by molar-refractivity contribution is 5.46. The number of aromatic nitrogens is 2. The van der Waals surface area contributed by atoms with Crippen LogP contribution in [0.5, 0.6) is 0 Å². The highest BCUT2D eigenvalue weighted by Gasteiger charge is 2.19. The van der Waals surface area contributed by atoms with E-state index in [-0.39, 0.29) is 6.04 Å². The first-order chi connectivity index (χ1) is 11.6. The quantitative estimate of drug-likeness (QED) is 0.836. The molecule has 1 N–H and O–H groups in total. The Morgan fingerprint density at radius 3 is 2.96 bits per heavy atom. The second-order valence-corrected chi connectivity index (χ2v) is 6.93. The van der Waals surface area contributed by atoms with E-state index in [0.717, 1.165) is 11.6 Å². The predicted molar refractivity (Wildman–Crippen MR) is 93.7 cm³/mol. The molecule has 1 aromatic carbocycles. The molecule has 0 aliphatic heterocycles. The van der Waals surface area contributed by atoms with Gasteiger partial charge in [-0.05, 0) is 43.4 Å². The number of anilines is 1. The van der Waals surface area contributed by atoms with Gasteiger partial charge in [0.25, 0.3) is 0 Å². The van der Waals surface area contributed by atoms with E-state index in [9.17, 15) is 0 Å². The normalized spacial score (nSPS) is 22.3. The minimum Gasteiger partial charge on any atom is -0.423 e. The van der Waals surface area contributed by atoms with Crippen LogP contribution >= 0.6 is 0 Å². The summed E-state index contributed by atoms with van der Waals surface area (Å²) in [6, 6.07) is 8.31. The van der Waals surface area contributed by atoms with Crippen LogP contribution in [0.25, 0.3) is 0 Å². The summed E-state index contributed by atoms with van der Waals surface area (Å²) in [4.78, 5) is 0. The first-order valence-electron chi connectivity index (χ1n) is 8.87. The molecule has 24 heavy (non-hydrogen) atoms. The lowest BCUT2D eigenvalue weighted by Crippen LogP contribution is -2.21. The Morgan fingerprint density at radius 1 is 1.33 bits per heavy atom. The van der Waals surface area contributed by atoms with Crippen molar-refractivity contribution in [1.82, 2.24) is 10.2 Å². The first-order valence-corrected chi connectivity index (χ1v) is 8.87. The van der Waals surface area contributed by atoms with Gasteiger partial charge in [-0.1, -0.05) is 31.9 Å². The van der Waals surface area contributed by atoms with Gasteiger partial charge in [0.1, 0.15) is 6.04 Å². The molecule has 1 aromatic heterocycles. The van der Waals surface area contributed by atoms with Gasteiger partial charge < -0.3 is 14.5 Å². The fourth-order valence-electron chi connectivity index (χ4n) is 3.29. The number of hydrogen-bond acceptors (Lipinski definition) is 5. The van der Waals surface area contributed by atoms with E-state index in [2.05, 4.69) is 40.6 Å². The molecule has 130 valence electrons. The Balaban J connectivity index is 1.55. The van der Waals surface area contributed by atoms with Gasteiger partial charge in [0.2, 0.25) is 11.8 Å². The van der Waals surface area contributed by atoms with Gasteiger partial charge in [-0.15, -0.1) is 10.2 Å². The van der Waals surface area contributed by atoms with Gasteiger partial charge in [-0.25, -0.2) is 0 Å². The van der Waals surface area contributed by atoms with Crippen LogP contribution in [0.2, 0.25) is 0 Å². The molecular formula is C19H27N3O2. The maximum absolute atomic E-state index is 6.12. The summed E-state index contributed by atoms with van der Waals surface area (Å²) in [6.07, 6.45) is 5.41. The zero-order chi connectivity index (χ0) is 16.9. The summed E-state index contributed by atoms with van der Waals surface area (Å²) in [6.45, 7) is 6.80. The second kappa shape index (κ2) is 7.79. The summed E-state index contributed by atoms with van der Waals surface area (Å²) in [7, 11) is 0. The molecule has 0 unspecified atom stereocenters. The van der Waals surface area contributed by atoms with E-state index in [4.69, 9.17) is 9.15 Å². The van der Waals surface area contributed by atoms with Crippen LogP contribution in [0.4, 0.5) is 5.69 Å². The summed E-state index contributed by atoms with van der Waals surface area (Å²) in [5, 5.41) is 11.3. The second-order valence-electron chi connectivity index (χ2n) is 6.93. The highest BCUT2D eigenvalue weighted by atomic mass is 16.5. The minimum atomic E-state index is -0.0263. The third kappa shape index (κ3) is 4.57. The molecular weight excluding hydrogens is 302 g/mol. The molecule has 5 heteroatoms. The summed E-state index contributed by atoms with van der Waals surface area (Å²) in [5.41, 5.74) is 2.23. The molecule has 1 saturated carbocycles. The molecule has 1 aliphatic carbocycles. The smallest absolute Gasteiger partial charge is 0.238 e. The van der Waals surface area contributed by atoms with Crippen molar-refractivity contribution >= 4 is 5.69 Å². The molecule has 5 nitrogen and oxygen atoms in total. The van der Waals surface area contributed by atoms with Crippen molar-refractivity contribution in [2.45, 2.75) is 65.2 Å². The lowest BCUT2D eigenvalue weighted by atomic mass is 9.89. The molecule has 1 fully saturated rings. The SMILES string of the molecule is Cc1nnc([C@H](C)Nc2cccc(CO[C@@H]3CCC[C@H](C)C3)c2)o1. The molecule has 0 saturated heterocycles. The lowest BCUT2D eigenvalue weighted by Gasteiger charge is -2.26. The molecule has 1 aliphatic rings. The van der Waals surface area contributed by atoms with Crippen molar-refractivity contribution in [3.63, 3.8) is 0 Å². The largest absolute Gasteiger partial charge is 0.423 e. The molecule has 0 radical (unpaired) electrons. The molecule has 0 spiro atoms. The van der Waals surface area contributed by atoms with Crippen LogP contribution in [0.3, 0.4) is 0 Å².